The molecular weight excluding hydrogens is 457 g/mol. The van der Waals surface area contributed by atoms with Crippen molar-refractivity contribution in [3.63, 3.8) is 0 Å². The van der Waals surface area contributed by atoms with Crippen molar-refractivity contribution in [2.75, 3.05) is 36.4 Å². The van der Waals surface area contributed by atoms with Crippen LogP contribution in [0, 0.1) is 0 Å². The molecule has 10 heteroatoms. The number of hydrogen-bond donors (Lipinski definition) is 1. The first kappa shape index (κ1) is 22.7. The molecule has 7 nitrogen and oxygen atoms in total. The van der Waals surface area contributed by atoms with Crippen LogP contribution in [-0.2, 0) is 6.42 Å². The van der Waals surface area contributed by atoms with Gasteiger partial charge in [0, 0.05) is 56.2 Å². The second-order valence-electron chi connectivity index (χ2n) is 8.26. The molecule has 0 atom stereocenters. The minimum absolute atomic E-state index is 0.263. The number of halogens is 3. The number of rotatable bonds is 6. The second kappa shape index (κ2) is 9.28. The van der Waals surface area contributed by atoms with E-state index in [1.807, 2.05) is 12.1 Å². The third-order valence-electron chi connectivity index (χ3n) is 6.01. The van der Waals surface area contributed by atoms with Crippen LogP contribution < -0.4 is 15.0 Å². The molecule has 0 amide bonds. The molecule has 5 rings (SSSR count). The summed E-state index contributed by atoms with van der Waals surface area (Å²) in [6, 6.07) is 9.59. The Morgan fingerprint density at radius 3 is 2.37 bits per heavy atom. The van der Waals surface area contributed by atoms with Crippen LogP contribution in [0.2, 0.25) is 0 Å². The van der Waals surface area contributed by atoms with Crippen LogP contribution in [0.1, 0.15) is 16.8 Å². The zero-order valence-electron chi connectivity index (χ0n) is 18.8. The van der Waals surface area contributed by atoms with Crippen LogP contribution in [0.4, 0.5) is 24.7 Å². The summed E-state index contributed by atoms with van der Waals surface area (Å²) in [7, 11) is 0. The minimum Gasteiger partial charge on any atom is -0.406 e. The first-order valence-corrected chi connectivity index (χ1v) is 11.1. The highest BCUT2D eigenvalue weighted by molar-refractivity contribution is 5.91. The average Bonchev–Trinajstić information content (AvgIpc) is 3.30. The fraction of sp³-hybridized carbons (Fsp3) is 0.240. The van der Waals surface area contributed by atoms with Gasteiger partial charge in [-0.05, 0) is 53.6 Å². The quantitative estimate of drug-likeness (QED) is 0.554. The lowest BCUT2D eigenvalue weighted by atomic mass is 10.1. The molecule has 1 aliphatic heterocycles. The summed E-state index contributed by atoms with van der Waals surface area (Å²) in [5.41, 5.74) is 5.05. The summed E-state index contributed by atoms with van der Waals surface area (Å²) in [4.78, 5) is 17.5. The van der Waals surface area contributed by atoms with Crippen molar-refractivity contribution in [3.8, 4) is 5.75 Å². The highest BCUT2D eigenvalue weighted by Gasteiger charge is 2.31. The van der Waals surface area contributed by atoms with Gasteiger partial charge in [0.1, 0.15) is 17.9 Å². The number of alkyl halides is 3. The normalized spacial score (nSPS) is 15.5. The number of benzene rings is 1. The molecule has 1 saturated heterocycles. The predicted octanol–water partition coefficient (Wildman–Crippen LogP) is 4.57. The van der Waals surface area contributed by atoms with Gasteiger partial charge in [-0.2, -0.15) is 0 Å². The van der Waals surface area contributed by atoms with E-state index in [0.29, 0.717) is 11.5 Å². The summed E-state index contributed by atoms with van der Waals surface area (Å²) in [5.74, 6) is 1.35. The fourth-order valence-electron chi connectivity index (χ4n) is 4.29. The maximum Gasteiger partial charge on any atom is 0.573 e. The molecule has 0 spiro atoms. The Balaban J connectivity index is 1.21. The molecule has 2 aromatic heterocycles. The Bertz CT molecular complexity index is 1240. The molecule has 0 bridgehead atoms. The molecule has 1 N–H and O–H groups in total. The summed E-state index contributed by atoms with van der Waals surface area (Å²) >= 11 is 0. The number of ether oxygens (including phenoxy) is 1. The van der Waals surface area contributed by atoms with Gasteiger partial charge in [-0.25, -0.2) is 9.97 Å². The number of pyridine rings is 1. The van der Waals surface area contributed by atoms with Crippen molar-refractivity contribution < 1.29 is 17.9 Å². The van der Waals surface area contributed by atoms with E-state index in [1.54, 1.807) is 18.7 Å². The van der Waals surface area contributed by atoms with Crippen LogP contribution >= 0.6 is 0 Å². The fourth-order valence-corrected chi connectivity index (χ4v) is 4.29. The van der Waals surface area contributed by atoms with E-state index in [0.717, 1.165) is 55.2 Å². The topological polar surface area (TPSA) is 66.4 Å². The Hall–Kier alpha value is -4.08. The number of fused-ring (bicyclic) bond motifs is 1. The third-order valence-corrected chi connectivity index (χ3v) is 6.01. The van der Waals surface area contributed by atoms with Crippen LogP contribution in [0.5, 0.6) is 5.75 Å². The van der Waals surface area contributed by atoms with Gasteiger partial charge < -0.3 is 19.9 Å². The summed E-state index contributed by atoms with van der Waals surface area (Å²) < 4.78 is 40.9. The van der Waals surface area contributed by atoms with Crippen molar-refractivity contribution in [2.45, 2.75) is 12.8 Å². The highest BCUT2D eigenvalue weighted by atomic mass is 19.4. The Morgan fingerprint density at radius 1 is 0.971 bits per heavy atom. The van der Waals surface area contributed by atoms with Crippen molar-refractivity contribution >= 4 is 23.2 Å². The van der Waals surface area contributed by atoms with Gasteiger partial charge in [-0.3, -0.25) is 4.98 Å². The van der Waals surface area contributed by atoms with Crippen LogP contribution in [0.25, 0.3) is 11.6 Å². The van der Waals surface area contributed by atoms with E-state index in [2.05, 4.69) is 47.5 Å². The smallest absolute Gasteiger partial charge is 0.406 e. The number of allylic oxidation sites excluding steroid dienone is 1. The molecule has 1 aliphatic carbocycles. The molecular formula is C25H23F3N6O. The van der Waals surface area contributed by atoms with Gasteiger partial charge in [0.2, 0.25) is 0 Å². The first-order valence-electron chi connectivity index (χ1n) is 11.1. The Kier molecular flexibility index (Phi) is 6.02. The Morgan fingerprint density at radius 2 is 1.69 bits per heavy atom. The van der Waals surface area contributed by atoms with Crippen molar-refractivity contribution in [1.29, 1.82) is 0 Å². The number of aromatic nitrogens is 3. The maximum atomic E-state index is 12.3. The van der Waals surface area contributed by atoms with Gasteiger partial charge in [-0.1, -0.05) is 6.58 Å². The zero-order valence-corrected chi connectivity index (χ0v) is 18.8. The first-order chi connectivity index (χ1) is 16.9. The van der Waals surface area contributed by atoms with Crippen molar-refractivity contribution in [2.24, 2.45) is 0 Å². The predicted molar refractivity (Wildman–Crippen MR) is 128 cm³/mol. The van der Waals surface area contributed by atoms with E-state index in [1.165, 1.54) is 29.8 Å². The lowest BCUT2D eigenvalue weighted by Gasteiger charge is -2.38. The van der Waals surface area contributed by atoms with Gasteiger partial charge >= 0.3 is 6.36 Å². The lowest BCUT2D eigenvalue weighted by molar-refractivity contribution is -0.274. The van der Waals surface area contributed by atoms with E-state index < -0.39 is 6.36 Å². The number of nitrogens with zero attached hydrogens (tertiary/aromatic N) is 5. The second-order valence-corrected chi connectivity index (χ2v) is 8.26. The van der Waals surface area contributed by atoms with Crippen molar-refractivity contribution in [1.82, 2.24) is 19.9 Å². The van der Waals surface area contributed by atoms with Crippen LogP contribution in [-0.4, -0.2) is 52.4 Å². The van der Waals surface area contributed by atoms with E-state index in [4.69, 9.17) is 0 Å². The van der Waals surface area contributed by atoms with Crippen LogP contribution in [0.3, 0.4) is 0 Å². The molecule has 1 fully saturated rings. The lowest BCUT2D eigenvalue weighted by Crippen LogP contribution is -2.47. The Labute approximate surface area is 200 Å². The molecule has 0 saturated carbocycles. The van der Waals surface area contributed by atoms with Crippen molar-refractivity contribution in [3.05, 3.63) is 84.3 Å². The zero-order chi connectivity index (χ0) is 24.4. The van der Waals surface area contributed by atoms with E-state index in [-0.39, 0.29) is 5.75 Å². The summed E-state index contributed by atoms with van der Waals surface area (Å²) in [5, 5.41) is 3.16. The summed E-state index contributed by atoms with van der Waals surface area (Å²) in [6.45, 7) is 7.05. The highest BCUT2D eigenvalue weighted by Crippen LogP contribution is 2.35. The number of hydrogen-bond acceptors (Lipinski definition) is 7. The standard InChI is InChI=1S/C25H23F3N6O/c1-17(32-20-2-4-21(5-3-20)35-25(26,27)28)33-10-12-34(13-11-33)24-22-14-19(15-23(22)30-16-31-24)18-6-8-29-9-7-18/h2-9,14,16,32H,1,10-13,15H2. The number of anilines is 2. The summed E-state index contributed by atoms with van der Waals surface area (Å²) in [6.07, 6.45) is 3.42. The van der Waals surface area contributed by atoms with Gasteiger partial charge in [0.15, 0.2) is 0 Å². The van der Waals surface area contributed by atoms with Gasteiger partial charge in [0.25, 0.3) is 0 Å². The minimum atomic E-state index is -4.71. The van der Waals surface area contributed by atoms with E-state index >= 15 is 0 Å². The van der Waals surface area contributed by atoms with Gasteiger partial charge in [0.05, 0.1) is 11.5 Å². The van der Waals surface area contributed by atoms with Crippen LogP contribution in [0.15, 0.2) is 67.5 Å². The molecule has 3 aromatic rings. The molecule has 3 heterocycles. The third kappa shape index (κ3) is 5.21. The maximum absolute atomic E-state index is 12.3. The SMILES string of the molecule is C=C(Nc1ccc(OC(F)(F)F)cc1)N1CCN(c2ncnc3c2C=C(c2ccncc2)C3)CC1. The molecule has 35 heavy (non-hydrogen) atoms. The van der Waals surface area contributed by atoms with E-state index in [9.17, 15) is 13.2 Å². The molecule has 180 valence electrons. The number of piperazine rings is 1. The molecule has 0 radical (unpaired) electrons. The molecule has 2 aliphatic rings. The monoisotopic (exact) mass is 480 g/mol. The van der Waals surface area contributed by atoms with Gasteiger partial charge in [-0.15, -0.1) is 13.2 Å². The largest absolute Gasteiger partial charge is 0.573 e. The molecule has 0 unspecified atom stereocenters. The molecule has 1 aromatic carbocycles. The number of nitrogens with one attached hydrogen (secondary N) is 1. The average molecular weight is 480 g/mol.